The number of carboxylic acid groups (broad SMARTS) is 2. The van der Waals surface area contributed by atoms with Gasteiger partial charge in [-0.3, -0.25) is 9.59 Å². The third kappa shape index (κ3) is 5.45. The fraction of sp³-hybridized carbons (Fsp3) is 0.176. The Morgan fingerprint density at radius 2 is 1.84 bits per heavy atom. The number of amides is 1. The van der Waals surface area contributed by atoms with Gasteiger partial charge in [-0.25, -0.2) is 9.78 Å². The van der Waals surface area contributed by atoms with Crippen LogP contribution in [0.4, 0.5) is 17.6 Å². The van der Waals surface area contributed by atoms with Gasteiger partial charge in [0, 0.05) is 12.0 Å². The Bertz CT molecular complexity index is 1230. The van der Waals surface area contributed by atoms with E-state index in [4.69, 9.17) is 28.2 Å². The Hall–Kier alpha value is -4.20. The first kappa shape index (κ1) is 21.5. The summed E-state index contributed by atoms with van der Waals surface area (Å²) in [4.78, 5) is 47.7. The van der Waals surface area contributed by atoms with E-state index in [1.807, 2.05) is 0 Å². The number of aliphatic carboxylic acids is 2. The van der Waals surface area contributed by atoms with Crippen molar-refractivity contribution in [1.29, 1.82) is 0 Å². The molecule has 1 unspecified atom stereocenters. The van der Waals surface area contributed by atoms with Crippen molar-refractivity contribution in [2.24, 2.45) is 10.2 Å². The summed E-state index contributed by atoms with van der Waals surface area (Å²) >= 11 is 5.09. The average Bonchev–Trinajstić information content (AvgIpc) is 3.12. The normalized spacial score (nSPS) is 12.1. The Balaban J connectivity index is 1.69. The van der Waals surface area contributed by atoms with Gasteiger partial charge in [0.1, 0.15) is 11.6 Å². The fourth-order valence-electron chi connectivity index (χ4n) is 2.52. The number of hydrogen-bond donors (Lipinski definition) is 6. The second-order valence-corrected chi connectivity index (χ2v) is 6.64. The second-order valence-electron chi connectivity index (χ2n) is 6.25. The lowest BCUT2D eigenvalue weighted by atomic mass is 10.1. The number of nitrogens with one attached hydrogen (secondary N) is 3. The lowest BCUT2D eigenvalue weighted by Gasteiger charge is -2.13. The lowest BCUT2D eigenvalue weighted by Crippen LogP contribution is -2.41. The van der Waals surface area contributed by atoms with Crippen molar-refractivity contribution in [3.63, 3.8) is 0 Å². The van der Waals surface area contributed by atoms with E-state index < -0.39 is 23.9 Å². The SMILES string of the molecule is Nc1nc(=S)c2[nH]c(N=Nc3ccc(C(=O)NC(CCC(=O)O)C(=O)O)cc3)nc2[nH]1. The van der Waals surface area contributed by atoms with Crippen LogP contribution >= 0.6 is 12.2 Å². The van der Waals surface area contributed by atoms with Crippen LogP contribution in [-0.4, -0.2) is 54.0 Å². The number of imidazole rings is 1. The van der Waals surface area contributed by atoms with E-state index in [9.17, 15) is 14.4 Å². The van der Waals surface area contributed by atoms with Crippen molar-refractivity contribution >= 4 is 58.8 Å². The maximum Gasteiger partial charge on any atom is 0.326 e. The third-order valence-corrected chi connectivity index (χ3v) is 4.31. The van der Waals surface area contributed by atoms with Crippen LogP contribution in [0, 0.1) is 4.64 Å². The minimum absolute atomic E-state index is 0.120. The molecule has 0 saturated heterocycles. The van der Waals surface area contributed by atoms with Crippen LogP contribution in [0.5, 0.6) is 0 Å². The average molecular weight is 444 g/mol. The quantitative estimate of drug-likeness (QED) is 0.221. The first-order valence-electron chi connectivity index (χ1n) is 8.75. The number of carbonyl (C=O) groups excluding carboxylic acids is 1. The van der Waals surface area contributed by atoms with Gasteiger partial charge in [-0.05, 0) is 30.7 Å². The van der Waals surface area contributed by atoms with Gasteiger partial charge in [0.15, 0.2) is 10.3 Å². The summed E-state index contributed by atoms with van der Waals surface area (Å²) in [5.74, 6) is -2.84. The predicted molar refractivity (Wildman–Crippen MR) is 110 cm³/mol. The molecule has 0 aliphatic carbocycles. The number of rotatable bonds is 8. The number of fused-ring (bicyclic) bond motifs is 1. The molecule has 3 rings (SSSR count). The van der Waals surface area contributed by atoms with E-state index in [1.165, 1.54) is 24.3 Å². The summed E-state index contributed by atoms with van der Waals surface area (Å²) in [6, 6.07) is 4.54. The summed E-state index contributed by atoms with van der Waals surface area (Å²) < 4.78 is 0.235. The molecule has 0 aliphatic heterocycles. The molecule has 1 amide bonds. The number of azo groups is 1. The van der Waals surface area contributed by atoms with Crippen LogP contribution in [0.3, 0.4) is 0 Å². The van der Waals surface area contributed by atoms with Crippen molar-refractivity contribution in [2.75, 3.05) is 5.73 Å². The molecule has 0 fully saturated rings. The first-order valence-corrected chi connectivity index (χ1v) is 9.16. The molecule has 0 bridgehead atoms. The number of aromatic nitrogens is 4. The molecule has 0 saturated carbocycles. The Morgan fingerprint density at radius 3 is 2.48 bits per heavy atom. The highest BCUT2D eigenvalue weighted by Gasteiger charge is 2.21. The summed E-state index contributed by atoms with van der Waals surface area (Å²) in [5, 5.41) is 28.1. The maximum absolute atomic E-state index is 12.2. The number of H-pyrrole nitrogens is 2. The van der Waals surface area contributed by atoms with E-state index in [2.05, 4.69) is 35.5 Å². The molecule has 0 spiro atoms. The number of hydrogen-bond acceptors (Lipinski definition) is 9. The largest absolute Gasteiger partial charge is 0.481 e. The molecule has 7 N–H and O–H groups in total. The van der Waals surface area contributed by atoms with Crippen molar-refractivity contribution in [3.8, 4) is 0 Å². The molecule has 1 aromatic carbocycles. The number of carboxylic acids is 2. The predicted octanol–water partition coefficient (Wildman–Crippen LogP) is 2.06. The highest BCUT2D eigenvalue weighted by Crippen LogP contribution is 2.20. The van der Waals surface area contributed by atoms with Crippen molar-refractivity contribution in [2.45, 2.75) is 18.9 Å². The minimum atomic E-state index is -1.32. The van der Waals surface area contributed by atoms with Crippen LogP contribution in [-0.2, 0) is 9.59 Å². The molecule has 160 valence electrons. The first-order chi connectivity index (χ1) is 14.7. The zero-order valence-electron chi connectivity index (χ0n) is 15.7. The van der Waals surface area contributed by atoms with E-state index in [0.717, 1.165) is 0 Å². The van der Waals surface area contributed by atoms with E-state index in [1.54, 1.807) is 0 Å². The molecule has 2 heterocycles. The van der Waals surface area contributed by atoms with E-state index in [-0.39, 0.29) is 34.9 Å². The Kier molecular flexibility index (Phi) is 6.30. The Labute approximate surface area is 178 Å². The molecule has 3 aromatic rings. The topological polar surface area (TPSA) is 212 Å². The Morgan fingerprint density at radius 1 is 1.13 bits per heavy atom. The second kappa shape index (κ2) is 9.08. The van der Waals surface area contributed by atoms with Crippen molar-refractivity contribution in [3.05, 3.63) is 34.5 Å². The van der Waals surface area contributed by atoms with Gasteiger partial charge in [-0.2, -0.15) is 4.98 Å². The fourth-order valence-corrected chi connectivity index (χ4v) is 2.77. The van der Waals surface area contributed by atoms with Gasteiger partial charge in [-0.15, -0.1) is 10.2 Å². The molecule has 14 heteroatoms. The van der Waals surface area contributed by atoms with Gasteiger partial charge < -0.3 is 31.2 Å². The summed E-state index contributed by atoms with van der Waals surface area (Å²) in [6.07, 6.45) is -0.615. The zero-order chi connectivity index (χ0) is 22.5. The van der Waals surface area contributed by atoms with Crippen molar-refractivity contribution < 1.29 is 24.6 Å². The van der Waals surface area contributed by atoms with Gasteiger partial charge in [-0.1, -0.05) is 12.2 Å². The number of nitrogens with two attached hydrogens (primary N) is 1. The minimum Gasteiger partial charge on any atom is -0.481 e. The highest BCUT2D eigenvalue weighted by atomic mass is 32.1. The molecule has 0 aliphatic rings. The number of nitrogen functional groups attached to an aromatic ring is 1. The summed E-state index contributed by atoms with van der Waals surface area (Å²) in [7, 11) is 0. The number of benzene rings is 1. The van der Waals surface area contributed by atoms with Gasteiger partial charge >= 0.3 is 11.9 Å². The lowest BCUT2D eigenvalue weighted by molar-refractivity contribution is -0.140. The van der Waals surface area contributed by atoms with Crippen LogP contribution < -0.4 is 11.1 Å². The van der Waals surface area contributed by atoms with Gasteiger partial charge in [0.25, 0.3) is 5.91 Å². The molecule has 1 atom stereocenters. The molecule has 13 nitrogen and oxygen atoms in total. The number of carbonyl (C=O) groups is 3. The number of nitrogens with zero attached hydrogens (tertiary/aromatic N) is 4. The molecule has 0 radical (unpaired) electrons. The zero-order valence-corrected chi connectivity index (χ0v) is 16.5. The maximum atomic E-state index is 12.2. The van der Waals surface area contributed by atoms with E-state index in [0.29, 0.717) is 16.9 Å². The molecule has 2 aromatic heterocycles. The monoisotopic (exact) mass is 444 g/mol. The highest BCUT2D eigenvalue weighted by molar-refractivity contribution is 7.71. The molecule has 31 heavy (non-hydrogen) atoms. The number of anilines is 1. The van der Waals surface area contributed by atoms with Crippen LogP contribution in [0.25, 0.3) is 11.2 Å². The van der Waals surface area contributed by atoms with Crippen LogP contribution in [0.1, 0.15) is 23.2 Å². The van der Waals surface area contributed by atoms with E-state index >= 15 is 0 Å². The number of aromatic amines is 2. The standard InChI is InChI=1S/C17H16N8O5S/c18-16-21-12-11(14(31)23-16)20-17(22-12)25-24-8-3-1-7(2-4-8)13(28)19-9(15(29)30)5-6-10(26)27/h1-4,9H,5-6H2,(H,19,28)(H,26,27)(H,29,30)(H4,18,20,21,22,23,31). The third-order valence-electron chi connectivity index (χ3n) is 4.01. The summed E-state index contributed by atoms with van der Waals surface area (Å²) in [6.45, 7) is 0. The van der Waals surface area contributed by atoms with Crippen LogP contribution in [0.15, 0.2) is 34.5 Å². The van der Waals surface area contributed by atoms with Crippen LogP contribution in [0.2, 0.25) is 0 Å². The van der Waals surface area contributed by atoms with Gasteiger partial charge in [0.05, 0.1) is 5.69 Å². The molecular formula is C17H16N8O5S. The smallest absolute Gasteiger partial charge is 0.326 e. The van der Waals surface area contributed by atoms with Crippen molar-refractivity contribution in [1.82, 2.24) is 25.3 Å². The summed E-state index contributed by atoms with van der Waals surface area (Å²) in [5.41, 5.74) is 7.00. The van der Waals surface area contributed by atoms with Gasteiger partial charge in [0.2, 0.25) is 11.9 Å². The molecular weight excluding hydrogens is 428 g/mol.